The van der Waals surface area contributed by atoms with Gasteiger partial charge in [-0.25, -0.2) is 9.97 Å². The van der Waals surface area contributed by atoms with Gasteiger partial charge >= 0.3 is 0 Å². The second-order valence-electron chi connectivity index (χ2n) is 5.80. The Morgan fingerprint density at radius 1 is 1.07 bits per heavy atom. The number of rotatable bonds is 6. The number of hydrogen-bond donors (Lipinski definition) is 2. The van der Waals surface area contributed by atoms with Crippen LogP contribution < -0.4 is 10.6 Å². The predicted octanol–water partition coefficient (Wildman–Crippen LogP) is 1.97. The first-order valence-corrected chi connectivity index (χ1v) is 9.15. The van der Waals surface area contributed by atoms with E-state index in [1.807, 2.05) is 13.0 Å². The van der Waals surface area contributed by atoms with Crippen molar-refractivity contribution in [2.45, 2.75) is 20.0 Å². The monoisotopic (exact) mass is 392 g/mol. The summed E-state index contributed by atoms with van der Waals surface area (Å²) in [4.78, 5) is 37.6. The van der Waals surface area contributed by atoms with Crippen molar-refractivity contribution in [3.05, 3.63) is 75.3 Å². The van der Waals surface area contributed by atoms with Crippen molar-refractivity contribution in [2.24, 2.45) is 0 Å². The Balaban J connectivity index is 1.53. The molecule has 3 aromatic rings. The molecule has 0 spiro atoms. The molecule has 0 radical (unpaired) electrons. The van der Waals surface area contributed by atoms with E-state index in [-0.39, 0.29) is 24.1 Å². The van der Waals surface area contributed by atoms with Crippen molar-refractivity contribution in [1.82, 2.24) is 25.6 Å². The number of benzene rings is 1. The third kappa shape index (κ3) is 4.96. The lowest BCUT2D eigenvalue weighted by Gasteiger charge is -2.06. The number of hydrogen-bond acceptors (Lipinski definition) is 7. The molecule has 0 saturated heterocycles. The first-order chi connectivity index (χ1) is 13.5. The normalized spacial score (nSPS) is 10.1. The van der Waals surface area contributed by atoms with E-state index in [9.17, 15) is 9.59 Å². The number of nitrogens with one attached hydrogen (secondary N) is 2. The molecule has 2 amide bonds. The Labute approximate surface area is 165 Å². The van der Waals surface area contributed by atoms with Crippen LogP contribution in [0.2, 0.25) is 0 Å². The van der Waals surface area contributed by atoms with Gasteiger partial charge in [0.15, 0.2) is 0 Å². The van der Waals surface area contributed by atoms with Gasteiger partial charge in [0.2, 0.25) is 0 Å². The Morgan fingerprint density at radius 3 is 2.57 bits per heavy atom. The third-order valence-electron chi connectivity index (χ3n) is 3.71. The van der Waals surface area contributed by atoms with Gasteiger partial charge in [-0.15, -0.1) is 11.3 Å². The van der Waals surface area contributed by atoms with Crippen LogP contribution in [0.3, 0.4) is 0 Å². The summed E-state index contributed by atoms with van der Waals surface area (Å²) in [6, 6.07) is 8.40. The zero-order valence-corrected chi connectivity index (χ0v) is 15.8. The molecule has 1 aromatic carbocycles. The van der Waals surface area contributed by atoms with Crippen molar-refractivity contribution in [3.63, 3.8) is 0 Å². The molecule has 0 aliphatic rings. The summed E-state index contributed by atoms with van der Waals surface area (Å²) in [5.74, 6) is -0.650. The SMILES string of the molecule is Cc1ncc(CNC(=O)c2cnc(CNC(=O)c3cccc(C#N)c3)cn2)s1. The Bertz CT molecular complexity index is 1040. The van der Waals surface area contributed by atoms with Crippen molar-refractivity contribution >= 4 is 23.2 Å². The van der Waals surface area contributed by atoms with E-state index in [1.165, 1.54) is 29.8 Å². The number of nitriles is 1. The quantitative estimate of drug-likeness (QED) is 0.662. The maximum absolute atomic E-state index is 12.1. The van der Waals surface area contributed by atoms with Crippen molar-refractivity contribution in [2.75, 3.05) is 0 Å². The fourth-order valence-electron chi connectivity index (χ4n) is 2.31. The minimum absolute atomic E-state index is 0.157. The van der Waals surface area contributed by atoms with Crippen LogP contribution in [0.25, 0.3) is 0 Å². The van der Waals surface area contributed by atoms with Crippen LogP contribution in [0.1, 0.15) is 42.0 Å². The lowest BCUT2D eigenvalue weighted by atomic mass is 10.1. The Morgan fingerprint density at radius 2 is 1.89 bits per heavy atom. The molecule has 3 rings (SSSR count). The summed E-state index contributed by atoms with van der Waals surface area (Å²) in [6.45, 7) is 2.44. The highest BCUT2D eigenvalue weighted by Gasteiger charge is 2.10. The predicted molar refractivity (Wildman–Crippen MR) is 102 cm³/mol. The first kappa shape index (κ1) is 19.1. The van der Waals surface area contributed by atoms with Gasteiger partial charge in [0.05, 0.1) is 47.8 Å². The minimum Gasteiger partial charge on any atom is -0.346 e. The zero-order valence-electron chi connectivity index (χ0n) is 15.0. The van der Waals surface area contributed by atoms with Gasteiger partial charge in [0.25, 0.3) is 11.8 Å². The van der Waals surface area contributed by atoms with Crippen LogP contribution in [-0.2, 0) is 13.1 Å². The van der Waals surface area contributed by atoms with Crippen LogP contribution >= 0.6 is 11.3 Å². The van der Waals surface area contributed by atoms with E-state index in [4.69, 9.17) is 5.26 Å². The maximum Gasteiger partial charge on any atom is 0.271 e. The summed E-state index contributed by atoms with van der Waals surface area (Å²) in [7, 11) is 0. The molecular formula is C19H16N6O2S. The Hall–Kier alpha value is -3.64. The number of amides is 2. The largest absolute Gasteiger partial charge is 0.346 e. The first-order valence-electron chi connectivity index (χ1n) is 8.34. The average molecular weight is 392 g/mol. The topological polar surface area (TPSA) is 121 Å². The standard InChI is InChI=1S/C19H16N6O2S/c1-12-21-9-16(28-12)10-25-19(27)17-11-22-15(7-23-17)8-24-18(26)14-4-2-3-13(5-14)6-20/h2-5,7,9,11H,8,10H2,1H3,(H,24,26)(H,25,27). The van der Waals surface area contributed by atoms with Gasteiger partial charge in [-0.05, 0) is 25.1 Å². The van der Waals surface area contributed by atoms with Crippen molar-refractivity contribution in [3.8, 4) is 6.07 Å². The van der Waals surface area contributed by atoms with Gasteiger partial charge in [-0.3, -0.25) is 14.6 Å². The van der Waals surface area contributed by atoms with Crippen molar-refractivity contribution in [1.29, 1.82) is 5.26 Å². The van der Waals surface area contributed by atoms with Gasteiger partial charge in [0.1, 0.15) is 5.69 Å². The smallest absolute Gasteiger partial charge is 0.271 e. The molecule has 8 nitrogen and oxygen atoms in total. The highest BCUT2D eigenvalue weighted by atomic mass is 32.1. The van der Waals surface area contributed by atoms with Crippen LogP contribution in [0.15, 0.2) is 42.9 Å². The van der Waals surface area contributed by atoms with Crippen LogP contribution in [0.5, 0.6) is 0 Å². The number of carbonyl (C=O) groups is 2. The van der Waals surface area contributed by atoms with E-state index >= 15 is 0 Å². The van der Waals surface area contributed by atoms with E-state index in [1.54, 1.807) is 24.4 Å². The number of carbonyl (C=O) groups excluding carboxylic acids is 2. The molecular weight excluding hydrogens is 376 g/mol. The fraction of sp³-hybridized carbons (Fsp3) is 0.158. The summed E-state index contributed by atoms with van der Waals surface area (Å²) >= 11 is 1.52. The third-order valence-corrected chi connectivity index (χ3v) is 4.63. The second kappa shape index (κ2) is 8.83. The highest BCUT2D eigenvalue weighted by Crippen LogP contribution is 2.11. The van der Waals surface area contributed by atoms with E-state index in [2.05, 4.69) is 25.6 Å². The molecule has 140 valence electrons. The van der Waals surface area contributed by atoms with E-state index in [0.29, 0.717) is 23.4 Å². The molecule has 2 heterocycles. The minimum atomic E-state index is -0.331. The lowest BCUT2D eigenvalue weighted by Crippen LogP contribution is -2.25. The van der Waals surface area contributed by atoms with Gasteiger partial charge < -0.3 is 10.6 Å². The number of aryl methyl sites for hydroxylation is 1. The molecule has 0 aliphatic carbocycles. The summed E-state index contributed by atoms with van der Waals surface area (Å²) in [6.07, 6.45) is 4.53. The molecule has 0 bridgehead atoms. The molecule has 0 unspecified atom stereocenters. The van der Waals surface area contributed by atoms with Crippen LogP contribution in [0, 0.1) is 18.3 Å². The summed E-state index contributed by atoms with van der Waals surface area (Å²) in [5, 5.41) is 15.3. The molecule has 2 N–H and O–H groups in total. The molecule has 0 fully saturated rings. The average Bonchev–Trinajstić information content (AvgIpc) is 3.15. The lowest BCUT2D eigenvalue weighted by molar-refractivity contribution is 0.0938. The summed E-state index contributed by atoms with van der Waals surface area (Å²) in [5.41, 5.74) is 1.51. The molecule has 0 aliphatic heterocycles. The zero-order chi connectivity index (χ0) is 19.9. The highest BCUT2D eigenvalue weighted by molar-refractivity contribution is 7.11. The molecule has 28 heavy (non-hydrogen) atoms. The van der Waals surface area contributed by atoms with E-state index in [0.717, 1.165) is 9.88 Å². The molecule has 9 heteroatoms. The van der Waals surface area contributed by atoms with Crippen molar-refractivity contribution < 1.29 is 9.59 Å². The molecule has 2 aromatic heterocycles. The van der Waals surface area contributed by atoms with E-state index < -0.39 is 0 Å². The fourth-order valence-corrected chi connectivity index (χ4v) is 3.05. The van der Waals surface area contributed by atoms with Gasteiger partial charge in [-0.2, -0.15) is 5.26 Å². The van der Waals surface area contributed by atoms with Gasteiger partial charge in [0, 0.05) is 16.6 Å². The van der Waals surface area contributed by atoms with Crippen LogP contribution in [-0.4, -0.2) is 26.8 Å². The molecule has 0 saturated carbocycles. The maximum atomic E-state index is 12.1. The number of thiazole rings is 1. The molecule has 0 atom stereocenters. The van der Waals surface area contributed by atoms with Crippen LogP contribution in [0.4, 0.5) is 0 Å². The van der Waals surface area contributed by atoms with Gasteiger partial charge in [-0.1, -0.05) is 6.07 Å². The summed E-state index contributed by atoms with van der Waals surface area (Å²) < 4.78 is 0. The second-order valence-corrected chi connectivity index (χ2v) is 7.12. The number of aromatic nitrogens is 3. The Kier molecular flexibility index (Phi) is 6.04. The number of nitrogens with zero attached hydrogens (tertiary/aromatic N) is 4.